The fraction of sp³-hybridized carbons (Fsp3) is 0.211. The van der Waals surface area contributed by atoms with E-state index in [9.17, 15) is 14.9 Å². The van der Waals surface area contributed by atoms with Crippen molar-refractivity contribution in [2.45, 2.75) is 13.0 Å². The Bertz CT molecular complexity index is 832. The summed E-state index contributed by atoms with van der Waals surface area (Å²) in [5.74, 6) is 0.976. The molecule has 26 heavy (non-hydrogen) atoms. The summed E-state index contributed by atoms with van der Waals surface area (Å²) < 4.78 is 10.5. The van der Waals surface area contributed by atoms with E-state index < -0.39 is 4.92 Å². The van der Waals surface area contributed by atoms with Gasteiger partial charge in [0, 0.05) is 23.8 Å². The largest absolute Gasteiger partial charge is 0.497 e. The van der Waals surface area contributed by atoms with Crippen molar-refractivity contribution in [3.8, 4) is 11.5 Å². The number of nitrogens with zero attached hydrogens (tertiary/aromatic N) is 1. The van der Waals surface area contributed by atoms with Crippen LogP contribution in [0.5, 0.6) is 11.5 Å². The van der Waals surface area contributed by atoms with Crippen molar-refractivity contribution in [1.82, 2.24) is 5.32 Å². The third kappa shape index (κ3) is 4.83. The molecule has 0 aromatic heterocycles. The predicted molar refractivity (Wildman–Crippen MR) is 98.2 cm³/mol. The maximum atomic E-state index is 12.2. The number of nitro groups is 1. The lowest BCUT2D eigenvalue weighted by molar-refractivity contribution is -0.384. The molecule has 136 valence electrons. The van der Waals surface area contributed by atoms with E-state index in [1.54, 1.807) is 44.6 Å². The van der Waals surface area contributed by atoms with Gasteiger partial charge in [-0.05, 0) is 36.8 Å². The monoisotopic (exact) mass is 356 g/mol. The maximum Gasteiger partial charge on any atom is 0.270 e. The van der Waals surface area contributed by atoms with E-state index >= 15 is 0 Å². The van der Waals surface area contributed by atoms with Crippen LogP contribution in [0.3, 0.4) is 0 Å². The van der Waals surface area contributed by atoms with Crippen LogP contribution >= 0.6 is 0 Å². The minimum Gasteiger partial charge on any atom is -0.497 e. The van der Waals surface area contributed by atoms with E-state index in [-0.39, 0.29) is 17.6 Å². The summed E-state index contributed by atoms with van der Waals surface area (Å²) >= 11 is 0. The number of hydrogen-bond donors (Lipinski definition) is 1. The zero-order valence-electron chi connectivity index (χ0n) is 14.8. The fourth-order valence-electron chi connectivity index (χ4n) is 2.43. The number of carbonyl (C=O) groups excluding carboxylic acids is 1. The van der Waals surface area contributed by atoms with Crippen LogP contribution in [0.25, 0.3) is 6.08 Å². The molecule has 0 unspecified atom stereocenters. The zero-order chi connectivity index (χ0) is 19.1. The van der Waals surface area contributed by atoms with Gasteiger partial charge in [-0.1, -0.05) is 12.1 Å². The van der Waals surface area contributed by atoms with Gasteiger partial charge in [0.25, 0.3) is 5.69 Å². The molecule has 2 aromatic carbocycles. The van der Waals surface area contributed by atoms with E-state index in [0.717, 1.165) is 5.56 Å². The second kappa shape index (κ2) is 8.66. The molecule has 2 aromatic rings. The number of non-ortho nitro benzene ring substituents is 1. The summed E-state index contributed by atoms with van der Waals surface area (Å²) in [5, 5.41) is 13.6. The van der Waals surface area contributed by atoms with E-state index in [1.165, 1.54) is 24.3 Å². The molecule has 0 bridgehead atoms. The topological polar surface area (TPSA) is 90.7 Å². The van der Waals surface area contributed by atoms with Crippen molar-refractivity contribution in [2.75, 3.05) is 14.2 Å². The highest BCUT2D eigenvalue weighted by molar-refractivity contribution is 5.92. The van der Waals surface area contributed by atoms with Gasteiger partial charge in [-0.25, -0.2) is 0 Å². The molecule has 7 nitrogen and oxygen atoms in total. The minimum absolute atomic E-state index is 0.0259. The maximum absolute atomic E-state index is 12.2. The summed E-state index contributed by atoms with van der Waals surface area (Å²) in [6.07, 6.45) is 2.86. The van der Waals surface area contributed by atoms with Crippen LogP contribution in [-0.4, -0.2) is 25.1 Å². The Balaban J connectivity index is 2.10. The lowest BCUT2D eigenvalue weighted by atomic mass is 10.1. The quantitative estimate of drug-likeness (QED) is 0.466. The van der Waals surface area contributed by atoms with Crippen LogP contribution in [0, 0.1) is 10.1 Å². The molecule has 0 saturated carbocycles. The summed E-state index contributed by atoms with van der Waals surface area (Å²) in [7, 11) is 3.12. The standard InChI is InChI=1S/C19H20N2O5/c1-13(17-12-16(25-2)8-9-18(17)26-3)20-19(22)10-7-14-5-4-6-15(11-14)21(23)24/h4-13H,1-3H3,(H,20,22)/b10-7+/t13-/m1/s1. The number of hydrogen-bond acceptors (Lipinski definition) is 5. The first kappa shape index (κ1) is 19.0. The summed E-state index contributed by atoms with van der Waals surface area (Å²) in [4.78, 5) is 22.5. The number of nitro benzene ring substituents is 1. The highest BCUT2D eigenvalue weighted by Gasteiger charge is 2.14. The molecule has 0 spiro atoms. The van der Waals surface area contributed by atoms with Crippen LogP contribution in [0.1, 0.15) is 24.1 Å². The number of amides is 1. The van der Waals surface area contributed by atoms with Crippen molar-refractivity contribution in [3.05, 3.63) is 69.8 Å². The number of carbonyl (C=O) groups is 1. The molecule has 1 N–H and O–H groups in total. The van der Waals surface area contributed by atoms with Gasteiger partial charge in [-0.15, -0.1) is 0 Å². The first-order valence-corrected chi connectivity index (χ1v) is 7.89. The van der Waals surface area contributed by atoms with Gasteiger partial charge < -0.3 is 14.8 Å². The number of benzene rings is 2. The summed E-state index contributed by atoms with van der Waals surface area (Å²) in [5.41, 5.74) is 1.33. The van der Waals surface area contributed by atoms with Crippen LogP contribution in [0.2, 0.25) is 0 Å². The molecule has 1 atom stereocenters. The molecular formula is C19H20N2O5. The minimum atomic E-state index is -0.478. The van der Waals surface area contributed by atoms with Gasteiger partial charge >= 0.3 is 0 Å². The smallest absolute Gasteiger partial charge is 0.270 e. The molecule has 0 saturated heterocycles. The molecule has 7 heteroatoms. The van der Waals surface area contributed by atoms with Gasteiger partial charge in [-0.2, -0.15) is 0 Å². The highest BCUT2D eigenvalue weighted by atomic mass is 16.6. The van der Waals surface area contributed by atoms with Gasteiger partial charge in [-0.3, -0.25) is 14.9 Å². The number of methoxy groups -OCH3 is 2. The summed E-state index contributed by atoms with van der Waals surface area (Å²) in [6, 6.07) is 11.1. The fourth-order valence-corrected chi connectivity index (χ4v) is 2.43. The SMILES string of the molecule is COc1ccc(OC)c([C@@H](C)NC(=O)/C=C/c2cccc([N+](=O)[O-])c2)c1. The Kier molecular flexibility index (Phi) is 6.32. The van der Waals surface area contributed by atoms with Crippen LogP contribution in [0.15, 0.2) is 48.5 Å². The number of nitrogens with one attached hydrogen (secondary N) is 1. The zero-order valence-corrected chi connectivity index (χ0v) is 14.8. The van der Waals surface area contributed by atoms with Crippen LogP contribution in [-0.2, 0) is 4.79 Å². The van der Waals surface area contributed by atoms with Crippen LogP contribution < -0.4 is 14.8 Å². The molecule has 0 radical (unpaired) electrons. The highest BCUT2D eigenvalue weighted by Crippen LogP contribution is 2.29. The molecule has 0 heterocycles. The Labute approximate surface area is 151 Å². The van der Waals surface area contributed by atoms with Gasteiger partial charge in [0.1, 0.15) is 11.5 Å². The van der Waals surface area contributed by atoms with Crippen molar-refractivity contribution < 1.29 is 19.2 Å². The lowest BCUT2D eigenvalue weighted by Gasteiger charge is -2.17. The van der Waals surface area contributed by atoms with Crippen LogP contribution in [0.4, 0.5) is 5.69 Å². The first-order chi connectivity index (χ1) is 12.4. The Morgan fingerprint density at radius 3 is 2.62 bits per heavy atom. The average molecular weight is 356 g/mol. The average Bonchev–Trinajstić information content (AvgIpc) is 2.65. The van der Waals surface area contributed by atoms with E-state index in [0.29, 0.717) is 17.1 Å². The molecule has 0 aliphatic heterocycles. The molecule has 0 fully saturated rings. The molecular weight excluding hydrogens is 336 g/mol. The van der Waals surface area contributed by atoms with Crippen molar-refractivity contribution in [1.29, 1.82) is 0 Å². The summed E-state index contributed by atoms with van der Waals surface area (Å²) in [6.45, 7) is 1.83. The normalized spacial score (nSPS) is 11.8. The first-order valence-electron chi connectivity index (χ1n) is 7.89. The Morgan fingerprint density at radius 2 is 1.96 bits per heavy atom. The third-order valence-electron chi connectivity index (χ3n) is 3.77. The van der Waals surface area contributed by atoms with Crippen molar-refractivity contribution in [2.24, 2.45) is 0 Å². The number of ether oxygens (including phenoxy) is 2. The van der Waals surface area contributed by atoms with Gasteiger partial charge in [0.15, 0.2) is 0 Å². The Hall–Kier alpha value is -3.35. The molecule has 0 aliphatic rings. The second-order valence-electron chi connectivity index (χ2n) is 5.52. The Morgan fingerprint density at radius 1 is 1.19 bits per heavy atom. The molecule has 1 amide bonds. The van der Waals surface area contributed by atoms with Crippen molar-refractivity contribution >= 4 is 17.7 Å². The van der Waals surface area contributed by atoms with Gasteiger partial charge in [0.2, 0.25) is 5.91 Å². The van der Waals surface area contributed by atoms with E-state index in [4.69, 9.17) is 9.47 Å². The van der Waals surface area contributed by atoms with Crippen molar-refractivity contribution in [3.63, 3.8) is 0 Å². The number of rotatable bonds is 7. The predicted octanol–water partition coefficient (Wildman–Crippen LogP) is 3.50. The van der Waals surface area contributed by atoms with E-state index in [1.807, 2.05) is 6.92 Å². The third-order valence-corrected chi connectivity index (χ3v) is 3.77. The second-order valence-corrected chi connectivity index (χ2v) is 5.52. The molecule has 2 rings (SSSR count). The lowest BCUT2D eigenvalue weighted by Crippen LogP contribution is -2.25. The van der Waals surface area contributed by atoms with Gasteiger partial charge in [0.05, 0.1) is 25.2 Å². The molecule has 0 aliphatic carbocycles. The van der Waals surface area contributed by atoms with E-state index in [2.05, 4.69) is 5.32 Å².